The van der Waals surface area contributed by atoms with E-state index in [2.05, 4.69) is 5.32 Å². The predicted molar refractivity (Wildman–Crippen MR) is 99.0 cm³/mol. The van der Waals surface area contributed by atoms with Gasteiger partial charge in [0, 0.05) is 24.1 Å². The third-order valence-electron chi connectivity index (χ3n) is 4.12. The molecular weight excluding hydrogens is 338 g/mol. The van der Waals surface area contributed by atoms with E-state index in [1.165, 1.54) is 0 Å². The zero-order valence-electron chi connectivity index (χ0n) is 13.4. The zero-order valence-corrected chi connectivity index (χ0v) is 14.2. The SMILES string of the molecule is O=C(Nc1cc2c(cc1Cl)OCCCO2)c1cccc2ccccc12. The number of anilines is 1. The molecule has 126 valence electrons. The van der Waals surface area contributed by atoms with Crippen molar-refractivity contribution in [2.75, 3.05) is 18.5 Å². The van der Waals surface area contributed by atoms with Gasteiger partial charge in [-0.1, -0.05) is 48.0 Å². The number of hydrogen-bond donors (Lipinski definition) is 1. The highest BCUT2D eigenvalue weighted by Gasteiger charge is 2.17. The standard InChI is InChI=1S/C20H16ClNO3/c21-16-11-18-19(25-10-4-9-24-18)12-17(16)22-20(23)15-8-3-6-13-5-1-2-7-14(13)15/h1-3,5-8,11-12H,4,9-10H2,(H,22,23). The molecule has 3 aromatic carbocycles. The van der Waals surface area contributed by atoms with E-state index in [-0.39, 0.29) is 5.91 Å². The molecule has 0 bridgehead atoms. The van der Waals surface area contributed by atoms with E-state index in [4.69, 9.17) is 21.1 Å². The highest BCUT2D eigenvalue weighted by molar-refractivity contribution is 6.34. The van der Waals surface area contributed by atoms with Crippen molar-refractivity contribution in [3.63, 3.8) is 0 Å². The fourth-order valence-corrected chi connectivity index (χ4v) is 3.09. The van der Waals surface area contributed by atoms with Crippen molar-refractivity contribution >= 4 is 34.0 Å². The molecule has 0 saturated heterocycles. The summed E-state index contributed by atoms with van der Waals surface area (Å²) in [7, 11) is 0. The van der Waals surface area contributed by atoms with Gasteiger partial charge in [0.25, 0.3) is 5.91 Å². The number of carbonyl (C=O) groups is 1. The molecule has 4 rings (SSSR count). The fourth-order valence-electron chi connectivity index (χ4n) is 2.89. The summed E-state index contributed by atoms with van der Waals surface area (Å²) in [6, 6.07) is 16.8. The first-order chi connectivity index (χ1) is 12.2. The number of amides is 1. The van der Waals surface area contributed by atoms with Gasteiger partial charge in [0.2, 0.25) is 0 Å². The Hall–Kier alpha value is -2.72. The third-order valence-corrected chi connectivity index (χ3v) is 4.43. The average molecular weight is 354 g/mol. The Labute approximate surface area is 150 Å². The highest BCUT2D eigenvalue weighted by atomic mass is 35.5. The summed E-state index contributed by atoms with van der Waals surface area (Å²) in [6.45, 7) is 1.16. The van der Waals surface area contributed by atoms with Crippen molar-refractivity contribution in [2.24, 2.45) is 0 Å². The van der Waals surface area contributed by atoms with Gasteiger partial charge in [0.15, 0.2) is 11.5 Å². The van der Waals surface area contributed by atoms with Crippen molar-refractivity contribution in [1.29, 1.82) is 0 Å². The molecule has 1 aliphatic rings. The number of fused-ring (bicyclic) bond motifs is 2. The summed E-state index contributed by atoms with van der Waals surface area (Å²) in [5.74, 6) is 0.981. The van der Waals surface area contributed by atoms with Crippen LogP contribution in [0.1, 0.15) is 16.8 Å². The number of carbonyl (C=O) groups excluding carboxylic acids is 1. The molecule has 0 radical (unpaired) electrons. The van der Waals surface area contributed by atoms with Gasteiger partial charge in [-0.05, 0) is 16.8 Å². The first-order valence-corrected chi connectivity index (χ1v) is 8.48. The molecule has 5 heteroatoms. The number of rotatable bonds is 2. The van der Waals surface area contributed by atoms with Gasteiger partial charge in [-0.25, -0.2) is 0 Å². The Morgan fingerprint density at radius 1 is 0.960 bits per heavy atom. The van der Waals surface area contributed by atoms with Gasteiger partial charge < -0.3 is 14.8 Å². The largest absolute Gasteiger partial charge is 0.490 e. The molecule has 0 atom stereocenters. The molecule has 0 fully saturated rings. The first-order valence-electron chi connectivity index (χ1n) is 8.10. The van der Waals surface area contributed by atoms with Crippen LogP contribution in [-0.4, -0.2) is 19.1 Å². The van der Waals surface area contributed by atoms with Crippen LogP contribution in [0.2, 0.25) is 5.02 Å². The zero-order chi connectivity index (χ0) is 17.2. The molecule has 3 aromatic rings. The van der Waals surface area contributed by atoms with Gasteiger partial charge in [0.05, 0.1) is 23.9 Å². The molecule has 1 N–H and O–H groups in total. The smallest absolute Gasteiger partial charge is 0.256 e. The lowest BCUT2D eigenvalue weighted by molar-refractivity contribution is 0.102. The second-order valence-electron chi connectivity index (χ2n) is 5.81. The quantitative estimate of drug-likeness (QED) is 0.712. The van der Waals surface area contributed by atoms with Crippen molar-refractivity contribution in [1.82, 2.24) is 0 Å². The molecule has 1 heterocycles. The van der Waals surface area contributed by atoms with Crippen molar-refractivity contribution in [3.05, 3.63) is 65.2 Å². The van der Waals surface area contributed by atoms with Crippen molar-refractivity contribution < 1.29 is 14.3 Å². The number of hydrogen-bond acceptors (Lipinski definition) is 3. The molecule has 1 aliphatic heterocycles. The second kappa shape index (κ2) is 6.65. The summed E-state index contributed by atoms with van der Waals surface area (Å²) in [5.41, 5.74) is 1.10. The maximum Gasteiger partial charge on any atom is 0.256 e. The lowest BCUT2D eigenvalue weighted by Gasteiger charge is -2.13. The van der Waals surface area contributed by atoms with Crippen LogP contribution in [0.5, 0.6) is 11.5 Å². The minimum atomic E-state index is -0.215. The van der Waals surface area contributed by atoms with Crippen LogP contribution in [0.4, 0.5) is 5.69 Å². The summed E-state index contributed by atoms with van der Waals surface area (Å²) in [4.78, 5) is 12.8. The van der Waals surface area contributed by atoms with Crippen molar-refractivity contribution in [3.8, 4) is 11.5 Å². The molecule has 4 nitrogen and oxygen atoms in total. The molecule has 25 heavy (non-hydrogen) atoms. The number of nitrogens with one attached hydrogen (secondary N) is 1. The van der Waals surface area contributed by atoms with E-state index in [9.17, 15) is 4.79 Å². The average Bonchev–Trinajstić information content (AvgIpc) is 2.86. The van der Waals surface area contributed by atoms with Gasteiger partial charge in [-0.2, -0.15) is 0 Å². The predicted octanol–water partition coefficient (Wildman–Crippen LogP) is 4.91. The van der Waals surface area contributed by atoms with E-state index in [1.807, 2.05) is 36.4 Å². The summed E-state index contributed by atoms with van der Waals surface area (Å²) in [5, 5.41) is 5.21. The van der Waals surface area contributed by atoms with Crippen LogP contribution in [0.25, 0.3) is 10.8 Å². The maximum atomic E-state index is 12.8. The Kier molecular flexibility index (Phi) is 4.20. The van der Waals surface area contributed by atoms with Crippen LogP contribution in [-0.2, 0) is 0 Å². The van der Waals surface area contributed by atoms with Crippen LogP contribution in [0, 0.1) is 0 Å². The first kappa shape index (κ1) is 15.8. The Balaban J connectivity index is 1.68. The number of halogens is 1. The summed E-state index contributed by atoms with van der Waals surface area (Å²) >= 11 is 6.31. The van der Waals surface area contributed by atoms with Gasteiger partial charge in [-0.3, -0.25) is 4.79 Å². The topological polar surface area (TPSA) is 47.6 Å². The van der Waals surface area contributed by atoms with E-state index in [1.54, 1.807) is 18.2 Å². The molecular formula is C20H16ClNO3. The molecule has 0 unspecified atom stereocenters. The number of ether oxygens (including phenoxy) is 2. The molecule has 0 spiro atoms. The minimum absolute atomic E-state index is 0.215. The Morgan fingerprint density at radius 3 is 2.52 bits per heavy atom. The van der Waals surface area contributed by atoms with E-state index in [0.29, 0.717) is 41.0 Å². The fraction of sp³-hybridized carbons (Fsp3) is 0.150. The molecule has 1 amide bonds. The maximum absolute atomic E-state index is 12.8. The lowest BCUT2D eigenvalue weighted by Crippen LogP contribution is -2.13. The molecule has 0 aliphatic carbocycles. The molecule has 0 saturated carbocycles. The van der Waals surface area contributed by atoms with Crippen molar-refractivity contribution in [2.45, 2.75) is 6.42 Å². The second-order valence-corrected chi connectivity index (χ2v) is 6.22. The Bertz CT molecular complexity index is 950. The van der Waals surface area contributed by atoms with E-state index < -0.39 is 0 Å². The highest BCUT2D eigenvalue weighted by Crippen LogP contribution is 2.38. The van der Waals surface area contributed by atoms with Gasteiger partial charge in [-0.15, -0.1) is 0 Å². The van der Waals surface area contributed by atoms with Crippen LogP contribution in [0.3, 0.4) is 0 Å². The minimum Gasteiger partial charge on any atom is -0.490 e. The molecule has 0 aromatic heterocycles. The van der Waals surface area contributed by atoms with Crippen LogP contribution in [0.15, 0.2) is 54.6 Å². The lowest BCUT2D eigenvalue weighted by atomic mass is 10.0. The van der Waals surface area contributed by atoms with E-state index in [0.717, 1.165) is 17.2 Å². The Morgan fingerprint density at radius 2 is 1.68 bits per heavy atom. The van der Waals surface area contributed by atoms with Gasteiger partial charge >= 0.3 is 0 Å². The summed E-state index contributed by atoms with van der Waals surface area (Å²) in [6.07, 6.45) is 0.810. The van der Waals surface area contributed by atoms with Gasteiger partial charge in [0.1, 0.15) is 0 Å². The van der Waals surface area contributed by atoms with Crippen LogP contribution >= 0.6 is 11.6 Å². The third kappa shape index (κ3) is 3.13. The van der Waals surface area contributed by atoms with E-state index >= 15 is 0 Å². The normalized spacial score (nSPS) is 13.3. The number of benzene rings is 3. The monoisotopic (exact) mass is 353 g/mol. The van der Waals surface area contributed by atoms with Crippen LogP contribution < -0.4 is 14.8 Å². The summed E-state index contributed by atoms with van der Waals surface area (Å²) < 4.78 is 11.3.